The third kappa shape index (κ3) is 15.2. The zero-order chi connectivity index (χ0) is 29.3. The van der Waals surface area contributed by atoms with Gasteiger partial charge in [0.2, 0.25) is 23.6 Å². The summed E-state index contributed by atoms with van der Waals surface area (Å²) in [7, 11) is 0. The Balaban J connectivity index is 5.62. The fraction of sp³-hybridized carbons (Fsp3) is 0.667. The Morgan fingerprint density at radius 2 is 1.32 bits per heavy atom. The van der Waals surface area contributed by atoms with Crippen LogP contribution in [0.1, 0.15) is 51.4 Å². The third-order valence-electron chi connectivity index (χ3n) is 5.18. The summed E-state index contributed by atoms with van der Waals surface area (Å²) in [5, 5.41) is 25.0. The fourth-order valence-corrected chi connectivity index (χ4v) is 3.17. The smallest absolute Gasteiger partial charge is 0.326 e. The van der Waals surface area contributed by atoms with E-state index in [4.69, 9.17) is 33.8 Å². The molecule has 0 radical (unpaired) electrons. The second-order valence-electron chi connectivity index (χ2n) is 8.46. The van der Waals surface area contributed by atoms with E-state index in [-0.39, 0.29) is 31.8 Å². The molecule has 0 aliphatic heterocycles. The fourth-order valence-electron chi connectivity index (χ4n) is 3.17. The van der Waals surface area contributed by atoms with E-state index in [1.54, 1.807) is 0 Å². The molecule has 4 atom stereocenters. The number of carbonyl (C=O) groups is 6. The zero-order valence-corrected chi connectivity index (χ0v) is 21.1. The van der Waals surface area contributed by atoms with E-state index in [2.05, 4.69) is 20.9 Å². The highest BCUT2D eigenvalue weighted by Crippen LogP contribution is 2.06. The van der Waals surface area contributed by atoms with Gasteiger partial charge in [-0.05, 0) is 38.6 Å². The van der Waals surface area contributed by atoms with Crippen LogP contribution in [0.15, 0.2) is 4.99 Å². The number of unbranched alkanes of at least 4 members (excludes halogenated alkanes) is 1. The molecule has 4 amide bonds. The van der Waals surface area contributed by atoms with E-state index in [0.29, 0.717) is 19.4 Å². The normalized spacial score (nSPS) is 13.7. The maximum absolute atomic E-state index is 13.0. The number of carbonyl (C=O) groups excluding carboxylic acids is 4. The van der Waals surface area contributed by atoms with Gasteiger partial charge in [-0.1, -0.05) is 6.42 Å². The molecule has 0 rings (SSSR count). The standard InChI is InChI=1S/C21H39N9O8/c22-8-2-1-4-11(23)17(34)30-14(10-15(24)31)19(36)28-12(5-3-9-27-21(25)26)18(35)29-13(20(37)38)6-7-16(32)33/h11-14H,1-10,22-23H2,(H2,24,31)(H,28,36)(H,29,35)(H,30,34)(H,32,33)(H,37,38)(H4,25,26,27). The number of hydrogen-bond acceptors (Lipinski definition) is 9. The Morgan fingerprint density at radius 3 is 1.84 bits per heavy atom. The number of nitrogens with one attached hydrogen (secondary N) is 3. The van der Waals surface area contributed by atoms with Crippen molar-refractivity contribution in [3.8, 4) is 0 Å². The van der Waals surface area contributed by atoms with Crippen LogP contribution in [-0.2, 0) is 28.8 Å². The van der Waals surface area contributed by atoms with Crippen LogP contribution in [-0.4, -0.2) is 89.0 Å². The van der Waals surface area contributed by atoms with Gasteiger partial charge in [0, 0.05) is 13.0 Å². The minimum atomic E-state index is -1.55. The number of rotatable bonds is 20. The Bertz CT molecular complexity index is 864. The summed E-state index contributed by atoms with van der Waals surface area (Å²) in [5.74, 6) is -6.49. The lowest BCUT2D eigenvalue weighted by atomic mass is 10.1. The predicted octanol–water partition coefficient (Wildman–Crippen LogP) is -4.22. The summed E-state index contributed by atoms with van der Waals surface area (Å²) >= 11 is 0. The van der Waals surface area contributed by atoms with E-state index < -0.39 is 79.0 Å². The van der Waals surface area contributed by atoms with Crippen LogP contribution >= 0.6 is 0 Å². The SMILES string of the molecule is NCCCCC(N)C(=O)NC(CC(N)=O)C(=O)NC(CCCN=C(N)N)C(=O)NC(CCC(=O)O)C(=O)O. The van der Waals surface area contributed by atoms with Crippen LogP contribution in [0.2, 0.25) is 0 Å². The number of nitrogens with zero attached hydrogens (tertiary/aromatic N) is 1. The maximum atomic E-state index is 13.0. The highest BCUT2D eigenvalue weighted by molar-refractivity contribution is 5.96. The molecule has 0 bridgehead atoms. The molecule has 0 fully saturated rings. The number of guanidine groups is 1. The van der Waals surface area contributed by atoms with Crippen molar-refractivity contribution in [2.75, 3.05) is 13.1 Å². The van der Waals surface area contributed by atoms with Crippen molar-refractivity contribution in [1.82, 2.24) is 16.0 Å². The molecule has 38 heavy (non-hydrogen) atoms. The van der Waals surface area contributed by atoms with Gasteiger partial charge in [-0.2, -0.15) is 0 Å². The molecular weight excluding hydrogens is 506 g/mol. The van der Waals surface area contributed by atoms with E-state index in [0.717, 1.165) is 0 Å². The first-order valence-electron chi connectivity index (χ1n) is 11.9. The van der Waals surface area contributed by atoms with Crippen LogP contribution in [0.3, 0.4) is 0 Å². The molecule has 4 unspecified atom stereocenters. The second kappa shape index (κ2) is 18.3. The Morgan fingerprint density at radius 1 is 0.737 bits per heavy atom. The van der Waals surface area contributed by atoms with Gasteiger partial charge in [0.05, 0.1) is 12.5 Å². The number of aliphatic imine (C=N–C) groups is 1. The molecule has 216 valence electrons. The molecule has 0 saturated carbocycles. The van der Waals surface area contributed by atoms with Crippen LogP contribution in [0.25, 0.3) is 0 Å². The first-order chi connectivity index (χ1) is 17.8. The van der Waals surface area contributed by atoms with Crippen LogP contribution < -0.4 is 44.6 Å². The summed E-state index contributed by atoms with van der Waals surface area (Å²) in [4.78, 5) is 75.8. The lowest BCUT2D eigenvalue weighted by molar-refractivity contribution is -0.143. The molecule has 0 aliphatic rings. The van der Waals surface area contributed by atoms with Crippen molar-refractivity contribution in [1.29, 1.82) is 0 Å². The van der Waals surface area contributed by atoms with Gasteiger partial charge in [0.1, 0.15) is 18.1 Å². The Labute approximate surface area is 219 Å². The molecule has 0 aliphatic carbocycles. The number of hydrogen-bond donors (Lipinski definition) is 10. The summed E-state index contributed by atoms with van der Waals surface area (Å²) in [6.07, 6.45) is 0.0134. The van der Waals surface area contributed by atoms with Crippen molar-refractivity contribution in [2.45, 2.75) is 75.5 Å². The molecule has 0 saturated heterocycles. The third-order valence-corrected chi connectivity index (χ3v) is 5.18. The van der Waals surface area contributed by atoms with Gasteiger partial charge in [-0.15, -0.1) is 0 Å². The molecule has 0 aromatic carbocycles. The second-order valence-corrected chi connectivity index (χ2v) is 8.46. The van der Waals surface area contributed by atoms with Gasteiger partial charge >= 0.3 is 11.9 Å². The molecule has 15 N–H and O–H groups in total. The van der Waals surface area contributed by atoms with Crippen molar-refractivity contribution >= 4 is 41.5 Å². The van der Waals surface area contributed by atoms with E-state index in [1.165, 1.54) is 0 Å². The quantitative estimate of drug-likeness (QED) is 0.0395. The van der Waals surface area contributed by atoms with Crippen molar-refractivity contribution in [3.63, 3.8) is 0 Å². The molecule has 0 aromatic heterocycles. The average molecular weight is 546 g/mol. The minimum absolute atomic E-state index is 0.0719. The summed E-state index contributed by atoms with van der Waals surface area (Å²) in [5.41, 5.74) is 27.0. The highest BCUT2D eigenvalue weighted by Gasteiger charge is 2.31. The molecule has 0 heterocycles. The average Bonchev–Trinajstić information content (AvgIpc) is 2.82. The van der Waals surface area contributed by atoms with Gasteiger partial charge < -0.3 is 54.8 Å². The van der Waals surface area contributed by atoms with E-state index in [9.17, 15) is 33.9 Å². The first-order valence-corrected chi connectivity index (χ1v) is 11.9. The van der Waals surface area contributed by atoms with Crippen molar-refractivity contribution in [2.24, 2.45) is 33.7 Å². The lowest BCUT2D eigenvalue weighted by Crippen LogP contribution is -2.57. The first kappa shape index (κ1) is 34.0. The zero-order valence-electron chi connectivity index (χ0n) is 21.1. The highest BCUT2D eigenvalue weighted by atomic mass is 16.4. The van der Waals surface area contributed by atoms with Gasteiger partial charge in [-0.3, -0.25) is 29.0 Å². The van der Waals surface area contributed by atoms with Gasteiger partial charge in [0.15, 0.2) is 5.96 Å². The number of aliphatic carboxylic acids is 2. The minimum Gasteiger partial charge on any atom is -0.481 e. The van der Waals surface area contributed by atoms with Gasteiger partial charge in [-0.25, -0.2) is 4.79 Å². The monoisotopic (exact) mass is 545 g/mol. The van der Waals surface area contributed by atoms with Crippen LogP contribution in [0.4, 0.5) is 0 Å². The Hall–Kier alpha value is -3.99. The van der Waals surface area contributed by atoms with Gasteiger partial charge in [0.25, 0.3) is 0 Å². The summed E-state index contributed by atoms with van der Waals surface area (Å²) in [6, 6.07) is -5.37. The number of primary amides is 1. The van der Waals surface area contributed by atoms with Crippen LogP contribution in [0, 0.1) is 0 Å². The molecular formula is C21H39N9O8. The predicted molar refractivity (Wildman–Crippen MR) is 135 cm³/mol. The summed E-state index contributed by atoms with van der Waals surface area (Å²) < 4.78 is 0. The lowest BCUT2D eigenvalue weighted by Gasteiger charge is -2.24. The maximum Gasteiger partial charge on any atom is 0.326 e. The van der Waals surface area contributed by atoms with Crippen molar-refractivity contribution in [3.05, 3.63) is 0 Å². The largest absolute Gasteiger partial charge is 0.481 e. The summed E-state index contributed by atoms with van der Waals surface area (Å²) in [6.45, 7) is 0.481. The van der Waals surface area contributed by atoms with Crippen molar-refractivity contribution < 1.29 is 39.0 Å². The number of nitrogens with two attached hydrogens (primary N) is 5. The Kier molecular flexibility index (Phi) is 16.4. The van der Waals surface area contributed by atoms with E-state index >= 15 is 0 Å². The number of carboxylic acid groups (broad SMARTS) is 2. The topological polar surface area (TPSA) is 321 Å². The number of amides is 4. The molecule has 0 spiro atoms. The molecule has 17 nitrogen and oxygen atoms in total. The molecule has 17 heteroatoms. The van der Waals surface area contributed by atoms with Crippen LogP contribution in [0.5, 0.6) is 0 Å². The molecule has 0 aromatic rings. The number of carboxylic acids is 2. The van der Waals surface area contributed by atoms with E-state index in [1.807, 2.05) is 0 Å².